The van der Waals surface area contributed by atoms with E-state index in [0.717, 1.165) is 48.3 Å². The summed E-state index contributed by atoms with van der Waals surface area (Å²) in [5.41, 5.74) is 2.68. The minimum atomic E-state index is -3.19. The van der Waals surface area contributed by atoms with E-state index in [-0.39, 0.29) is 11.9 Å². The molecule has 4 rings (SSSR count). The smallest absolute Gasteiger partial charge is 0.254 e. The molecule has 0 radical (unpaired) electrons. The SMILES string of the molecule is CS(=O)(=O)NCCc1ccc(C(=O)N2CCC[C@@H]2c2ccc3c(c2)OCCO3)cc1. The van der Waals surface area contributed by atoms with E-state index in [2.05, 4.69) is 4.72 Å². The van der Waals surface area contributed by atoms with Crippen molar-refractivity contribution >= 4 is 15.9 Å². The molecule has 2 aromatic rings. The molecule has 30 heavy (non-hydrogen) atoms. The molecule has 0 spiro atoms. The number of amides is 1. The monoisotopic (exact) mass is 430 g/mol. The van der Waals surface area contributed by atoms with Crippen LogP contribution in [0.2, 0.25) is 0 Å². The number of carbonyl (C=O) groups excluding carboxylic acids is 1. The second-order valence-corrected chi connectivity index (χ2v) is 9.51. The second-order valence-electron chi connectivity index (χ2n) is 7.67. The molecular formula is C22H26N2O5S. The highest BCUT2D eigenvalue weighted by Crippen LogP contribution is 2.38. The van der Waals surface area contributed by atoms with Gasteiger partial charge in [0.15, 0.2) is 11.5 Å². The van der Waals surface area contributed by atoms with Gasteiger partial charge in [0.1, 0.15) is 13.2 Å². The van der Waals surface area contributed by atoms with E-state index in [9.17, 15) is 13.2 Å². The first-order valence-electron chi connectivity index (χ1n) is 10.1. The molecule has 2 aromatic carbocycles. The van der Waals surface area contributed by atoms with E-state index in [0.29, 0.717) is 31.7 Å². The van der Waals surface area contributed by atoms with Crippen LogP contribution in [-0.2, 0) is 16.4 Å². The zero-order chi connectivity index (χ0) is 21.1. The van der Waals surface area contributed by atoms with Gasteiger partial charge in [-0.1, -0.05) is 18.2 Å². The number of sulfonamides is 1. The Morgan fingerprint density at radius 3 is 2.57 bits per heavy atom. The van der Waals surface area contributed by atoms with Crippen LogP contribution in [0.5, 0.6) is 11.5 Å². The fourth-order valence-corrected chi connectivity index (χ4v) is 4.46. The van der Waals surface area contributed by atoms with Crippen LogP contribution in [0.25, 0.3) is 0 Å². The van der Waals surface area contributed by atoms with Crippen LogP contribution in [0.1, 0.15) is 40.4 Å². The number of likely N-dealkylation sites (tertiary alicyclic amines) is 1. The minimum absolute atomic E-state index is 0.00759. The summed E-state index contributed by atoms with van der Waals surface area (Å²) in [6.07, 6.45) is 3.59. The van der Waals surface area contributed by atoms with Crippen molar-refractivity contribution in [2.45, 2.75) is 25.3 Å². The van der Waals surface area contributed by atoms with Gasteiger partial charge in [-0.05, 0) is 54.7 Å². The molecule has 2 heterocycles. The Kier molecular flexibility index (Phi) is 5.97. The molecule has 2 aliphatic rings. The van der Waals surface area contributed by atoms with Gasteiger partial charge in [0.25, 0.3) is 5.91 Å². The molecule has 1 saturated heterocycles. The summed E-state index contributed by atoms with van der Waals surface area (Å²) >= 11 is 0. The van der Waals surface area contributed by atoms with Gasteiger partial charge in [0.2, 0.25) is 10.0 Å². The molecule has 160 valence electrons. The number of hydrogen-bond donors (Lipinski definition) is 1. The molecule has 1 N–H and O–H groups in total. The zero-order valence-electron chi connectivity index (χ0n) is 17.0. The molecule has 1 fully saturated rings. The van der Waals surface area contributed by atoms with Crippen LogP contribution in [0.4, 0.5) is 0 Å². The molecule has 8 heteroatoms. The summed E-state index contributed by atoms with van der Waals surface area (Å²) in [7, 11) is -3.19. The maximum absolute atomic E-state index is 13.2. The lowest BCUT2D eigenvalue weighted by molar-refractivity contribution is 0.0735. The third-order valence-electron chi connectivity index (χ3n) is 5.44. The van der Waals surface area contributed by atoms with Crippen molar-refractivity contribution in [2.24, 2.45) is 0 Å². The summed E-state index contributed by atoms with van der Waals surface area (Å²) in [5, 5.41) is 0. The highest BCUT2D eigenvalue weighted by molar-refractivity contribution is 7.88. The van der Waals surface area contributed by atoms with Gasteiger partial charge < -0.3 is 14.4 Å². The van der Waals surface area contributed by atoms with Gasteiger partial charge in [0, 0.05) is 18.7 Å². The molecule has 1 atom stereocenters. The van der Waals surface area contributed by atoms with Crippen LogP contribution in [0, 0.1) is 0 Å². The van der Waals surface area contributed by atoms with Crippen molar-refractivity contribution in [1.29, 1.82) is 0 Å². The summed E-state index contributed by atoms with van der Waals surface area (Å²) in [4.78, 5) is 15.1. The maximum Gasteiger partial charge on any atom is 0.254 e. The van der Waals surface area contributed by atoms with Gasteiger partial charge in [-0.15, -0.1) is 0 Å². The lowest BCUT2D eigenvalue weighted by atomic mass is 10.0. The molecule has 0 aliphatic carbocycles. The Bertz CT molecular complexity index is 1020. The van der Waals surface area contributed by atoms with Gasteiger partial charge in [-0.3, -0.25) is 4.79 Å². The van der Waals surface area contributed by atoms with Crippen LogP contribution in [-0.4, -0.2) is 51.8 Å². The fourth-order valence-electron chi connectivity index (χ4n) is 3.98. The lowest BCUT2D eigenvalue weighted by Gasteiger charge is -2.27. The average molecular weight is 431 g/mol. The fraction of sp³-hybridized carbons (Fsp3) is 0.409. The number of rotatable bonds is 6. The summed E-state index contributed by atoms with van der Waals surface area (Å²) in [5.74, 6) is 1.50. The van der Waals surface area contributed by atoms with Crippen molar-refractivity contribution in [3.05, 3.63) is 59.2 Å². The van der Waals surface area contributed by atoms with Gasteiger partial charge >= 0.3 is 0 Å². The largest absolute Gasteiger partial charge is 0.486 e. The second kappa shape index (κ2) is 8.65. The molecule has 1 amide bonds. The topological polar surface area (TPSA) is 84.9 Å². The number of fused-ring (bicyclic) bond motifs is 1. The number of carbonyl (C=O) groups is 1. The molecule has 2 aliphatic heterocycles. The van der Waals surface area contributed by atoms with Crippen molar-refractivity contribution in [3.8, 4) is 11.5 Å². The van der Waals surface area contributed by atoms with Gasteiger partial charge in [-0.2, -0.15) is 0 Å². The zero-order valence-corrected chi connectivity index (χ0v) is 17.8. The third kappa shape index (κ3) is 4.76. The number of ether oxygens (including phenoxy) is 2. The molecule has 0 saturated carbocycles. The van der Waals surface area contributed by atoms with Crippen LogP contribution < -0.4 is 14.2 Å². The predicted molar refractivity (Wildman–Crippen MR) is 113 cm³/mol. The maximum atomic E-state index is 13.2. The summed E-state index contributed by atoms with van der Waals surface area (Å²) < 4.78 is 36.1. The van der Waals surface area contributed by atoms with Crippen LogP contribution in [0.3, 0.4) is 0 Å². The Morgan fingerprint density at radius 2 is 1.83 bits per heavy atom. The molecule has 7 nitrogen and oxygen atoms in total. The van der Waals surface area contributed by atoms with E-state index in [1.54, 1.807) is 0 Å². The Balaban J connectivity index is 1.44. The first kappa shape index (κ1) is 20.7. The number of hydrogen-bond acceptors (Lipinski definition) is 5. The van der Waals surface area contributed by atoms with Crippen LogP contribution >= 0.6 is 0 Å². The molecular weight excluding hydrogens is 404 g/mol. The van der Waals surface area contributed by atoms with Crippen molar-refractivity contribution in [1.82, 2.24) is 9.62 Å². The lowest BCUT2D eigenvalue weighted by Crippen LogP contribution is -2.30. The average Bonchev–Trinajstić information content (AvgIpc) is 3.22. The van der Waals surface area contributed by atoms with Crippen molar-refractivity contribution in [3.63, 3.8) is 0 Å². The van der Waals surface area contributed by atoms with Crippen LogP contribution in [0.15, 0.2) is 42.5 Å². The highest BCUT2D eigenvalue weighted by atomic mass is 32.2. The summed E-state index contributed by atoms with van der Waals surface area (Å²) in [6.45, 7) is 2.15. The van der Waals surface area contributed by atoms with E-state index in [1.165, 1.54) is 0 Å². The minimum Gasteiger partial charge on any atom is -0.486 e. The van der Waals surface area contributed by atoms with Crippen molar-refractivity contribution in [2.75, 3.05) is 32.6 Å². The third-order valence-corrected chi connectivity index (χ3v) is 6.17. The highest BCUT2D eigenvalue weighted by Gasteiger charge is 2.31. The van der Waals surface area contributed by atoms with E-state index >= 15 is 0 Å². The van der Waals surface area contributed by atoms with Gasteiger partial charge in [-0.25, -0.2) is 13.1 Å². The van der Waals surface area contributed by atoms with E-state index in [4.69, 9.17) is 9.47 Å². The van der Waals surface area contributed by atoms with E-state index in [1.807, 2.05) is 47.4 Å². The number of nitrogens with zero attached hydrogens (tertiary/aromatic N) is 1. The molecule has 0 unspecified atom stereocenters. The number of benzene rings is 2. The first-order chi connectivity index (χ1) is 14.4. The molecule has 0 aromatic heterocycles. The normalized spacial score (nSPS) is 18.4. The Morgan fingerprint density at radius 1 is 1.10 bits per heavy atom. The Hall–Kier alpha value is -2.58. The van der Waals surface area contributed by atoms with Gasteiger partial charge in [0.05, 0.1) is 12.3 Å². The summed E-state index contributed by atoms with van der Waals surface area (Å²) in [6, 6.07) is 13.3. The van der Waals surface area contributed by atoms with Crippen molar-refractivity contribution < 1.29 is 22.7 Å². The molecule has 0 bridgehead atoms. The Labute approximate surface area is 177 Å². The number of nitrogens with one attached hydrogen (secondary N) is 1. The standard InChI is InChI=1S/C22H26N2O5S/c1-30(26,27)23-11-10-16-4-6-17(7-5-16)22(25)24-12-2-3-19(24)18-8-9-20-21(15-18)29-14-13-28-20/h4-9,15,19,23H,2-3,10-14H2,1H3/t19-/m1/s1. The van der Waals surface area contributed by atoms with E-state index < -0.39 is 10.0 Å². The first-order valence-corrected chi connectivity index (χ1v) is 12.0. The quantitative estimate of drug-likeness (QED) is 0.761. The predicted octanol–water partition coefficient (Wildman–Crippen LogP) is 2.53.